The van der Waals surface area contributed by atoms with Crippen LogP contribution in [0.4, 0.5) is 4.79 Å². The molecule has 1 saturated carbocycles. The minimum Gasteiger partial charge on any atom is -0.443 e. The highest BCUT2D eigenvalue weighted by molar-refractivity contribution is 7.87. The highest BCUT2D eigenvalue weighted by Crippen LogP contribution is 2.42. The van der Waals surface area contributed by atoms with E-state index in [1.54, 1.807) is 20.8 Å². The van der Waals surface area contributed by atoms with E-state index >= 15 is 0 Å². The fourth-order valence-electron chi connectivity index (χ4n) is 5.09. The van der Waals surface area contributed by atoms with Crippen LogP contribution in [-0.2, 0) is 14.9 Å². The molecule has 2 saturated heterocycles. The highest BCUT2D eigenvalue weighted by Gasteiger charge is 2.53. The molecule has 3 fully saturated rings. The molecule has 186 valence electrons. The summed E-state index contributed by atoms with van der Waals surface area (Å²) < 4.78 is 33.5. The first-order valence-electron chi connectivity index (χ1n) is 12.0. The Bertz CT molecular complexity index is 1020. The van der Waals surface area contributed by atoms with Crippen LogP contribution in [-0.4, -0.2) is 73.1 Å². The van der Waals surface area contributed by atoms with Gasteiger partial charge in [0.25, 0.3) is 0 Å². The van der Waals surface area contributed by atoms with E-state index in [4.69, 9.17) is 4.74 Å². The molecule has 1 aliphatic carbocycles. The van der Waals surface area contributed by atoms with Crippen molar-refractivity contribution in [2.75, 3.05) is 26.2 Å². The van der Waals surface area contributed by atoms with Crippen LogP contribution in [0.1, 0.15) is 57.9 Å². The summed E-state index contributed by atoms with van der Waals surface area (Å²) in [6.45, 7) is 7.02. The number of nitriles is 1. The number of carbonyl (C=O) groups is 1. The average Bonchev–Trinajstić information content (AvgIpc) is 3.49. The van der Waals surface area contributed by atoms with Gasteiger partial charge < -0.3 is 10.1 Å². The van der Waals surface area contributed by atoms with Crippen molar-refractivity contribution in [3.8, 4) is 6.07 Å². The first kappa shape index (κ1) is 24.9. The van der Waals surface area contributed by atoms with Gasteiger partial charge in [0.15, 0.2) is 0 Å². The topological polar surface area (TPSA) is 115 Å². The lowest BCUT2D eigenvalue weighted by atomic mass is 9.84. The second-order valence-corrected chi connectivity index (χ2v) is 12.4. The number of hydrogen-bond donors (Lipinski definition) is 2. The Labute approximate surface area is 202 Å². The molecule has 2 N–H and O–H groups in total. The van der Waals surface area contributed by atoms with Crippen molar-refractivity contribution >= 4 is 16.3 Å². The Balaban J connectivity index is 1.27. The number of nitrogens with one attached hydrogen (secondary N) is 2. The third-order valence-corrected chi connectivity index (χ3v) is 8.30. The van der Waals surface area contributed by atoms with Crippen LogP contribution in [0.3, 0.4) is 0 Å². The fraction of sp³-hybridized carbons (Fsp3) is 0.667. The van der Waals surface area contributed by atoms with Gasteiger partial charge in [-0.15, -0.1) is 0 Å². The summed E-state index contributed by atoms with van der Waals surface area (Å²) in [7, 11) is -4.01. The maximum Gasteiger partial charge on any atom is 0.422 e. The quantitative estimate of drug-likeness (QED) is 0.604. The number of amides is 1. The van der Waals surface area contributed by atoms with Crippen LogP contribution in [0.15, 0.2) is 30.3 Å². The zero-order valence-electron chi connectivity index (χ0n) is 20.2. The smallest absolute Gasteiger partial charge is 0.422 e. The molecule has 0 bridgehead atoms. The van der Waals surface area contributed by atoms with Gasteiger partial charge in [0.1, 0.15) is 5.60 Å². The van der Waals surface area contributed by atoms with Crippen molar-refractivity contribution in [3.63, 3.8) is 0 Å². The predicted octanol–water partition coefficient (Wildman–Crippen LogP) is 2.33. The Morgan fingerprint density at radius 1 is 1.21 bits per heavy atom. The molecule has 10 heteroatoms. The predicted molar refractivity (Wildman–Crippen MR) is 128 cm³/mol. The van der Waals surface area contributed by atoms with E-state index in [0.29, 0.717) is 18.0 Å². The van der Waals surface area contributed by atoms with Crippen molar-refractivity contribution in [2.24, 2.45) is 0 Å². The van der Waals surface area contributed by atoms with Crippen molar-refractivity contribution in [2.45, 2.75) is 75.6 Å². The molecule has 0 spiro atoms. The SMILES string of the molecule is CC(C)(C)OC(=O)NS(=O)(=O)N1CC(CC#N)(N2CCC(N[C@@H]3C[C@H]3c3ccccc3)CC2)C1. The van der Waals surface area contributed by atoms with E-state index < -0.39 is 27.4 Å². The molecule has 9 nitrogen and oxygen atoms in total. The van der Waals surface area contributed by atoms with Crippen molar-refractivity contribution < 1.29 is 17.9 Å². The van der Waals surface area contributed by atoms with E-state index in [1.165, 1.54) is 16.3 Å². The Hall–Kier alpha value is -2.19. The first-order valence-corrected chi connectivity index (χ1v) is 13.4. The van der Waals surface area contributed by atoms with Crippen LogP contribution >= 0.6 is 0 Å². The van der Waals surface area contributed by atoms with Gasteiger partial charge in [0, 0.05) is 44.2 Å². The Morgan fingerprint density at radius 3 is 2.44 bits per heavy atom. The second-order valence-electron chi connectivity index (χ2n) is 10.7. The number of benzene rings is 1. The number of rotatable bonds is 7. The highest BCUT2D eigenvalue weighted by atomic mass is 32.2. The van der Waals surface area contributed by atoms with E-state index in [-0.39, 0.29) is 19.5 Å². The van der Waals surface area contributed by atoms with E-state index in [9.17, 15) is 18.5 Å². The molecule has 34 heavy (non-hydrogen) atoms. The molecule has 0 unspecified atom stereocenters. The third kappa shape index (κ3) is 5.71. The summed E-state index contributed by atoms with van der Waals surface area (Å²) in [4.78, 5) is 14.2. The largest absolute Gasteiger partial charge is 0.443 e. The molecule has 2 aliphatic heterocycles. The summed E-state index contributed by atoms with van der Waals surface area (Å²) in [6, 6.07) is 13.8. The van der Waals surface area contributed by atoms with Gasteiger partial charge in [-0.1, -0.05) is 30.3 Å². The zero-order chi connectivity index (χ0) is 24.6. The van der Waals surface area contributed by atoms with Crippen molar-refractivity contribution in [3.05, 3.63) is 35.9 Å². The molecular weight excluding hydrogens is 454 g/mol. The molecule has 1 aromatic rings. The van der Waals surface area contributed by atoms with Gasteiger partial charge in [-0.25, -0.2) is 9.52 Å². The number of nitrogens with zero attached hydrogens (tertiary/aromatic N) is 3. The van der Waals surface area contributed by atoms with Gasteiger partial charge in [-0.3, -0.25) is 4.90 Å². The zero-order valence-corrected chi connectivity index (χ0v) is 21.0. The minimum absolute atomic E-state index is 0.190. The third-order valence-electron chi connectivity index (χ3n) is 6.93. The maximum absolute atomic E-state index is 12.6. The van der Waals surface area contributed by atoms with Crippen LogP contribution in [0.25, 0.3) is 0 Å². The minimum atomic E-state index is -4.01. The van der Waals surface area contributed by atoms with Crippen LogP contribution < -0.4 is 10.0 Å². The van der Waals surface area contributed by atoms with E-state index in [2.05, 4.69) is 40.6 Å². The van der Waals surface area contributed by atoms with Crippen molar-refractivity contribution in [1.29, 1.82) is 5.26 Å². The number of likely N-dealkylation sites (tertiary alicyclic amines) is 1. The van der Waals surface area contributed by atoms with Gasteiger partial charge in [-0.2, -0.15) is 18.0 Å². The number of ether oxygens (including phenoxy) is 1. The van der Waals surface area contributed by atoms with Crippen LogP contribution in [0, 0.1) is 11.3 Å². The number of carbonyl (C=O) groups excluding carboxylic acids is 1. The van der Waals surface area contributed by atoms with Gasteiger partial charge in [-0.05, 0) is 45.6 Å². The lowest BCUT2D eigenvalue weighted by molar-refractivity contribution is -0.0263. The second kappa shape index (κ2) is 9.46. The molecule has 4 rings (SSSR count). The number of piperidine rings is 1. The van der Waals surface area contributed by atoms with E-state index in [0.717, 1.165) is 25.9 Å². The summed E-state index contributed by atoms with van der Waals surface area (Å²) >= 11 is 0. The summed E-state index contributed by atoms with van der Waals surface area (Å²) in [6.07, 6.45) is 2.36. The Kier molecular flexibility index (Phi) is 6.93. The molecule has 2 heterocycles. The van der Waals surface area contributed by atoms with E-state index in [1.807, 2.05) is 10.8 Å². The first-order chi connectivity index (χ1) is 16.0. The number of hydrogen-bond acceptors (Lipinski definition) is 7. The summed E-state index contributed by atoms with van der Waals surface area (Å²) in [5.41, 5.74) is 0.0920. The molecule has 1 aromatic carbocycles. The molecular formula is C24H35N5O4S. The standard InChI is InChI=1S/C24H35N5O4S/c1-23(2,3)33-22(30)27-34(31,32)29-16-24(17-29,11-12-25)28-13-9-19(10-14-28)26-21-15-20(21)18-7-5-4-6-8-18/h4-8,19-21,26H,9-11,13-17H2,1-3H3,(H,27,30)/t20-,21+/m0/s1. The molecule has 1 amide bonds. The lowest BCUT2D eigenvalue weighted by Crippen LogP contribution is -2.73. The average molecular weight is 490 g/mol. The maximum atomic E-state index is 12.6. The monoisotopic (exact) mass is 489 g/mol. The van der Waals surface area contributed by atoms with Gasteiger partial charge in [0.2, 0.25) is 0 Å². The van der Waals surface area contributed by atoms with Gasteiger partial charge >= 0.3 is 16.3 Å². The molecule has 3 aliphatic rings. The lowest BCUT2D eigenvalue weighted by Gasteiger charge is -2.55. The van der Waals surface area contributed by atoms with Gasteiger partial charge in [0.05, 0.1) is 18.0 Å². The van der Waals surface area contributed by atoms with Crippen LogP contribution in [0.5, 0.6) is 0 Å². The summed E-state index contributed by atoms with van der Waals surface area (Å²) in [5.74, 6) is 0.590. The normalized spacial score (nSPS) is 25.7. The van der Waals surface area contributed by atoms with Crippen LogP contribution in [0.2, 0.25) is 0 Å². The Morgan fingerprint density at radius 2 is 1.85 bits per heavy atom. The molecule has 2 atom stereocenters. The molecule has 0 aromatic heterocycles. The summed E-state index contributed by atoms with van der Waals surface area (Å²) in [5, 5.41) is 13.2. The molecule has 0 radical (unpaired) electrons. The van der Waals surface area contributed by atoms with Crippen molar-refractivity contribution in [1.82, 2.24) is 19.2 Å². The fourth-order valence-corrected chi connectivity index (χ4v) is 6.29.